The van der Waals surface area contributed by atoms with Crippen molar-refractivity contribution >= 4 is 86.5 Å². The van der Waals surface area contributed by atoms with E-state index in [4.69, 9.17) is 74.0 Å². The summed E-state index contributed by atoms with van der Waals surface area (Å²) in [6.45, 7) is 0. The van der Waals surface area contributed by atoms with Crippen molar-refractivity contribution in [3.63, 3.8) is 0 Å². The highest BCUT2D eigenvalue weighted by Crippen LogP contribution is 2.79. The monoisotopic (exact) mass is 584 g/mol. The van der Waals surface area contributed by atoms with Crippen molar-refractivity contribution in [1.82, 2.24) is 0 Å². The smallest absolute Gasteiger partial charge is 0.309 e. The van der Waals surface area contributed by atoms with E-state index in [1.54, 1.807) is 0 Å². The number of benzene rings is 2. The van der Waals surface area contributed by atoms with Crippen LogP contribution >= 0.6 is 69.6 Å². The van der Waals surface area contributed by atoms with Gasteiger partial charge in [0.15, 0.2) is 21.4 Å². The summed E-state index contributed by atoms with van der Waals surface area (Å²) in [5, 5.41) is 40.6. The number of carboxylic acids is 1. The summed E-state index contributed by atoms with van der Waals surface area (Å²) in [5.41, 5.74) is -1.10. The summed E-state index contributed by atoms with van der Waals surface area (Å²) >= 11 is 39.7. The second-order valence-corrected chi connectivity index (χ2v) is 11.3. The summed E-state index contributed by atoms with van der Waals surface area (Å²) < 4.78 is 3.34. The molecule has 4 N–H and O–H groups in total. The number of phenols is 3. The van der Waals surface area contributed by atoms with Crippen molar-refractivity contribution < 1.29 is 29.6 Å². The summed E-state index contributed by atoms with van der Waals surface area (Å²) in [6, 6.07) is 4.75. The van der Waals surface area contributed by atoms with Gasteiger partial charge in [-0.25, -0.2) is 0 Å². The van der Waals surface area contributed by atoms with Gasteiger partial charge in [0, 0.05) is 16.9 Å². The topological polar surface area (TPSA) is 128 Å². The third kappa shape index (κ3) is 2.48. The molecule has 0 radical (unpaired) electrons. The summed E-state index contributed by atoms with van der Waals surface area (Å²) in [7, 11) is 0. The molecule has 0 aromatic heterocycles. The number of carbonyl (C=O) groups is 1. The highest BCUT2D eigenvalue weighted by atomic mass is 35.5. The van der Waals surface area contributed by atoms with Gasteiger partial charge < -0.3 is 24.8 Å². The van der Waals surface area contributed by atoms with Gasteiger partial charge in [-0.3, -0.25) is 9.59 Å². The van der Waals surface area contributed by atoms with E-state index in [1.165, 1.54) is 12.1 Å². The Kier molecular flexibility index (Phi) is 5.04. The van der Waals surface area contributed by atoms with E-state index in [1.807, 2.05) is 0 Å². The van der Waals surface area contributed by atoms with Gasteiger partial charge in [0.25, 0.3) is 0 Å². The third-order valence-corrected chi connectivity index (χ3v) is 10.8. The number of carboxylic acid groups (broad SMARTS) is 1. The predicted molar refractivity (Wildman–Crippen MR) is 128 cm³/mol. The average molecular weight is 587 g/mol. The van der Waals surface area contributed by atoms with Gasteiger partial charge in [0.1, 0.15) is 9.75 Å². The normalized spacial score (nSPS) is 29.9. The molecule has 178 valence electrons. The van der Waals surface area contributed by atoms with Gasteiger partial charge in [-0.15, -0.1) is 23.2 Å². The zero-order chi connectivity index (χ0) is 25.1. The lowest BCUT2D eigenvalue weighted by Crippen LogP contribution is -2.45. The summed E-state index contributed by atoms with van der Waals surface area (Å²) in [6.07, 6.45) is 0. The molecule has 4 atom stereocenters. The van der Waals surface area contributed by atoms with Crippen molar-refractivity contribution in [3.8, 4) is 28.6 Å². The molecule has 3 aliphatic carbocycles. The van der Waals surface area contributed by atoms with Crippen molar-refractivity contribution in [2.24, 2.45) is 5.92 Å². The number of alkyl halides is 4. The highest BCUT2D eigenvalue weighted by Gasteiger charge is 2.84. The van der Waals surface area contributed by atoms with Crippen molar-refractivity contribution in [2.75, 3.05) is 0 Å². The molecular formula is C21H10Cl6O7. The number of hydrogen-bond acceptors (Lipinski definition) is 6. The molecule has 13 heteroatoms. The Balaban J connectivity index is 2.02. The minimum atomic E-state index is -2.24. The molecule has 1 heterocycles. The number of fused-ring (bicyclic) bond motifs is 4. The van der Waals surface area contributed by atoms with Gasteiger partial charge in [0.05, 0.1) is 16.0 Å². The first-order valence-corrected chi connectivity index (χ1v) is 11.7. The number of phenolic OH excluding ortho intramolecular Hbond substituents is 3. The van der Waals surface area contributed by atoms with E-state index in [-0.39, 0.29) is 32.2 Å². The summed E-state index contributed by atoms with van der Waals surface area (Å²) in [4.78, 5) is 20.4. The fraction of sp³-hybridized carbons (Fsp3) is 0.238. The highest BCUT2D eigenvalue weighted by molar-refractivity contribution is 6.66. The minimum Gasteiger partial charge on any atom is -0.504 e. The van der Waals surface area contributed by atoms with Crippen LogP contribution in [0.15, 0.2) is 43.5 Å². The third-order valence-electron chi connectivity index (χ3n) is 6.50. The van der Waals surface area contributed by atoms with Gasteiger partial charge in [-0.05, 0) is 29.8 Å². The molecule has 1 aliphatic heterocycles. The van der Waals surface area contributed by atoms with Gasteiger partial charge in [-0.2, -0.15) is 0 Å². The van der Waals surface area contributed by atoms with E-state index in [0.29, 0.717) is 0 Å². The first-order valence-electron chi connectivity index (χ1n) is 9.40. The molecule has 1 fully saturated rings. The standard InChI is InChI=1S/C21H10Cl6O7/c22-16-17(23)20(25)11(18(32)33)10(19(16,24)21(20,26)27)9-5-1-3-7(28)12(30)14(5)34-15-6(9)2-4-8(29)13(15)31/h1-4,10-11,28,30-31H,(H,32,33)/t10-,11+,19+,20+/m1/s1. The number of allylic oxidation sites excluding steroid dienone is 2. The van der Waals surface area contributed by atoms with Gasteiger partial charge in [0.2, 0.25) is 16.9 Å². The first-order chi connectivity index (χ1) is 15.7. The Morgan fingerprint density at radius 2 is 1.53 bits per heavy atom. The lowest BCUT2D eigenvalue weighted by molar-refractivity contribution is -0.142. The van der Waals surface area contributed by atoms with Crippen LogP contribution in [-0.4, -0.2) is 40.5 Å². The maximum Gasteiger partial charge on any atom is 0.309 e. The summed E-state index contributed by atoms with van der Waals surface area (Å²) in [5.74, 6) is -7.12. The van der Waals surface area contributed by atoms with Crippen LogP contribution in [0.3, 0.4) is 0 Å². The molecule has 1 saturated carbocycles. The SMILES string of the molecule is O=C(O)[C@@H]1[C@@H](c2c3ccc(=O)c(O)c-3oc3c(O)c(O)ccc23)[C@]2(Cl)C(Cl)=C(Cl)[C@]1(Cl)C2(Cl)Cl. The Morgan fingerprint density at radius 3 is 2.15 bits per heavy atom. The maximum atomic E-state index is 12.6. The van der Waals surface area contributed by atoms with E-state index < -0.39 is 60.3 Å². The Hall–Kier alpha value is -1.74. The molecule has 0 spiro atoms. The lowest BCUT2D eigenvalue weighted by Gasteiger charge is -2.36. The molecule has 2 bridgehead atoms. The Morgan fingerprint density at radius 1 is 0.912 bits per heavy atom. The van der Waals surface area contributed by atoms with Crippen LogP contribution in [-0.2, 0) is 4.79 Å². The number of rotatable bonds is 2. The molecule has 4 aliphatic rings. The lowest BCUT2D eigenvalue weighted by atomic mass is 9.74. The fourth-order valence-electron chi connectivity index (χ4n) is 4.99. The maximum absolute atomic E-state index is 12.6. The predicted octanol–water partition coefficient (Wildman–Crippen LogP) is 5.64. The van der Waals surface area contributed by atoms with Crippen LogP contribution < -0.4 is 5.43 Å². The zero-order valence-electron chi connectivity index (χ0n) is 16.2. The number of aliphatic carboxylic acids is 1. The molecule has 0 saturated heterocycles. The molecule has 34 heavy (non-hydrogen) atoms. The van der Waals surface area contributed by atoms with Crippen LogP contribution in [0.4, 0.5) is 0 Å². The molecule has 0 amide bonds. The largest absolute Gasteiger partial charge is 0.504 e. The molecule has 1 aromatic carbocycles. The first kappa shape index (κ1) is 24.0. The Labute approximate surface area is 219 Å². The Bertz CT molecular complexity index is 1500. The van der Waals surface area contributed by atoms with Crippen LogP contribution in [0.5, 0.6) is 17.2 Å². The number of halogens is 6. The molecule has 1 aromatic rings. The van der Waals surface area contributed by atoms with E-state index in [9.17, 15) is 30.0 Å². The van der Waals surface area contributed by atoms with E-state index in [0.717, 1.165) is 12.1 Å². The van der Waals surface area contributed by atoms with Crippen molar-refractivity contribution in [3.05, 3.63) is 50.1 Å². The number of aromatic hydroxyl groups is 3. The van der Waals surface area contributed by atoms with Crippen LogP contribution in [0.1, 0.15) is 11.5 Å². The van der Waals surface area contributed by atoms with Gasteiger partial charge >= 0.3 is 5.97 Å². The second kappa shape index (κ2) is 7.15. The van der Waals surface area contributed by atoms with Crippen LogP contribution in [0.25, 0.3) is 22.3 Å². The molecule has 0 unspecified atom stereocenters. The molecule has 5 rings (SSSR count). The van der Waals surface area contributed by atoms with Crippen molar-refractivity contribution in [2.45, 2.75) is 20.0 Å². The molecule has 7 nitrogen and oxygen atoms in total. The van der Waals surface area contributed by atoms with Gasteiger partial charge in [-0.1, -0.05) is 46.4 Å². The van der Waals surface area contributed by atoms with E-state index in [2.05, 4.69) is 0 Å². The second-order valence-electron chi connectivity index (χ2n) is 8.03. The number of hydrogen-bond donors (Lipinski definition) is 4. The molecular weight excluding hydrogens is 577 g/mol. The van der Waals surface area contributed by atoms with Crippen molar-refractivity contribution in [1.29, 1.82) is 0 Å². The zero-order valence-corrected chi connectivity index (χ0v) is 20.8. The van der Waals surface area contributed by atoms with Crippen LogP contribution in [0.2, 0.25) is 0 Å². The fourth-order valence-corrected chi connectivity index (χ4v) is 7.93. The van der Waals surface area contributed by atoms with Crippen LogP contribution in [0, 0.1) is 5.92 Å². The van der Waals surface area contributed by atoms with E-state index >= 15 is 0 Å². The average Bonchev–Trinajstić information content (AvgIpc) is 2.98. The quantitative estimate of drug-likeness (QED) is 0.174. The minimum absolute atomic E-state index is 0.0415.